The third kappa shape index (κ3) is 2.14. The highest BCUT2D eigenvalue weighted by molar-refractivity contribution is 5.86. The minimum Gasteiger partial charge on any atom is -0.0683 e. The van der Waals surface area contributed by atoms with Crippen molar-refractivity contribution in [1.82, 2.24) is 0 Å². The van der Waals surface area contributed by atoms with Crippen LogP contribution in [0.25, 0.3) is 10.8 Å². The monoisotopic (exact) mass is 186 g/mol. The highest BCUT2D eigenvalue weighted by Gasteiger charge is 1.95. The number of benzene rings is 2. The van der Waals surface area contributed by atoms with Crippen LogP contribution in [0, 0.1) is 13.8 Å². The van der Waals surface area contributed by atoms with Crippen LogP contribution in [-0.4, -0.2) is 0 Å². The average molecular weight is 186 g/mol. The molecule has 0 spiro atoms. The first-order valence-electron chi connectivity index (χ1n) is 5.23. The molecular formula is C14H18. The van der Waals surface area contributed by atoms with Crippen LogP contribution in [0.5, 0.6) is 0 Å². The van der Waals surface area contributed by atoms with E-state index < -0.39 is 0 Å². The summed E-state index contributed by atoms with van der Waals surface area (Å²) in [6, 6.07) is 13.0. The van der Waals surface area contributed by atoms with E-state index in [0.717, 1.165) is 0 Å². The third-order valence-electron chi connectivity index (χ3n) is 2.21. The largest absolute Gasteiger partial charge is 0.0683 e. The van der Waals surface area contributed by atoms with Gasteiger partial charge >= 0.3 is 0 Å². The summed E-state index contributed by atoms with van der Waals surface area (Å²) in [7, 11) is 0. The molecular weight excluding hydrogens is 168 g/mol. The SMILES string of the molecule is CC.Cc1cc(C)c2ccccc2c1. The number of rotatable bonds is 0. The molecule has 2 rings (SSSR count). The summed E-state index contributed by atoms with van der Waals surface area (Å²) in [5, 5.41) is 2.71. The first-order valence-corrected chi connectivity index (χ1v) is 5.23. The van der Waals surface area contributed by atoms with Gasteiger partial charge in [0.05, 0.1) is 0 Å². The Hall–Kier alpha value is -1.30. The van der Waals surface area contributed by atoms with E-state index in [4.69, 9.17) is 0 Å². The van der Waals surface area contributed by atoms with E-state index in [1.165, 1.54) is 21.9 Å². The van der Waals surface area contributed by atoms with Crippen LogP contribution in [0.4, 0.5) is 0 Å². The van der Waals surface area contributed by atoms with Gasteiger partial charge in [0.1, 0.15) is 0 Å². The molecule has 0 fully saturated rings. The van der Waals surface area contributed by atoms with Gasteiger partial charge in [-0.2, -0.15) is 0 Å². The van der Waals surface area contributed by atoms with E-state index in [0.29, 0.717) is 0 Å². The van der Waals surface area contributed by atoms with Gasteiger partial charge in [0.25, 0.3) is 0 Å². The summed E-state index contributed by atoms with van der Waals surface area (Å²) in [4.78, 5) is 0. The zero-order valence-corrected chi connectivity index (χ0v) is 9.46. The standard InChI is InChI=1S/C12H12.C2H6/c1-9-7-10(2)12-6-4-3-5-11(12)8-9;1-2/h3-8H,1-2H3;1-2H3. The normalized spacial score (nSPS) is 9.43. The Bertz CT molecular complexity index is 413. The molecule has 0 aliphatic rings. The summed E-state index contributed by atoms with van der Waals surface area (Å²) in [6.07, 6.45) is 0. The maximum absolute atomic E-state index is 2.22. The Balaban J connectivity index is 0.000000461. The molecule has 0 atom stereocenters. The van der Waals surface area contributed by atoms with Gasteiger partial charge in [0, 0.05) is 0 Å². The highest BCUT2D eigenvalue weighted by atomic mass is 14.0. The van der Waals surface area contributed by atoms with Gasteiger partial charge in [-0.05, 0) is 30.2 Å². The van der Waals surface area contributed by atoms with Crippen molar-refractivity contribution in [1.29, 1.82) is 0 Å². The molecule has 0 aliphatic heterocycles. The summed E-state index contributed by atoms with van der Waals surface area (Å²) in [5.41, 5.74) is 2.71. The predicted octanol–water partition coefficient (Wildman–Crippen LogP) is 4.48. The molecule has 0 aliphatic carbocycles. The second-order valence-corrected chi connectivity index (χ2v) is 3.30. The Labute approximate surface area is 86.6 Å². The van der Waals surface area contributed by atoms with Crippen LogP contribution in [0.3, 0.4) is 0 Å². The molecule has 0 N–H and O–H groups in total. The lowest BCUT2D eigenvalue weighted by Gasteiger charge is -2.02. The second kappa shape index (κ2) is 4.80. The van der Waals surface area contributed by atoms with Gasteiger partial charge in [0.15, 0.2) is 0 Å². The van der Waals surface area contributed by atoms with E-state index in [2.05, 4.69) is 50.2 Å². The van der Waals surface area contributed by atoms with Crippen LogP contribution in [0.1, 0.15) is 25.0 Å². The number of aryl methyl sites for hydroxylation is 2. The van der Waals surface area contributed by atoms with Crippen molar-refractivity contribution in [3.05, 3.63) is 47.5 Å². The number of fused-ring (bicyclic) bond motifs is 1. The lowest BCUT2D eigenvalue weighted by Crippen LogP contribution is -1.80. The molecule has 0 heteroatoms. The van der Waals surface area contributed by atoms with Crippen LogP contribution >= 0.6 is 0 Å². The van der Waals surface area contributed by atoms with Crippen molar-refractivity contribution in [2.45, 2.75) is 27.7 Å². The quantitative estimate of drug-likeness (QED) is 0.569. The van der Waals surface area contributed by atoms with Crippen LogP contribution in [-0.2, 0) is 0 Å². The predicted molar refractivity (Wildman–Crippen MR) is 64.8 cm³/mol. The summed E-state index contributed by atoms with van der Waals surface area (Å²) in [5.74, 6) is 0. The first-order chi connectivity index (χ1) is 6.77. The minimum absolute atomic E-state index is 1.34. The molecule has 2 aromatic carbocycles. The average Bonchev–Trinajstić information content (AvgIpc) is 2.20. The van der Waals surface area contributed by atoms with E-state index in [9.17, 15) is 0 Å². The smallest absolute Gasteiger partial charge is 0.0155 e. The van der Waals surface area contributed by atoms with Crippen LogP contribution < -0.4 is 0 Å². The topological polar surface area (TPSA) is 0 Å². The van der Waals surface area contributed by atoms with Crippen LogP contribution in [0.2, 0.25) is 0 Å². The van der Waals surface area contributed by atoms with E-state index >= 15 is 0 Å². The zero-order chi connectivity index (χ0) is 10.6. The molecule has 14 heavy (non-hydrogen) atoms. The van der Waals surface area contributed by atoms with Gasteiger partial charge in [-0.1, -0.05) is 55.8 Å². The maximum atomic E-state index is 2.22. The van der Waals surface area contributed by atoms with Crippen molar-refractivity contribution in [3.63, 3.8) is 0 Å². The van der Waals surface area contributed by atoms with Crippen molar-refractivity contribution in [2.75, 3.05) is 0 Å². The van der Waals surface area contributed by atoms with Gasteiger partial charge in [-0.15, -0.1) is 0 Å². The van der Waals surface area contributed by atoms with Gasteiger partial charge in [-0.3, -0.25) is 0 Å². The fourth-order valence-corrected chi connectivity index (χ4v) is 1.69. The third-order valence-corrected chi connectivity index (χ3v) is 2.21. The molecule has 0 unspecified atom stereocenters. The molecule has 0 radical (unpaired) electrons. The first kappa shape index (κ1) is 10.8. The van der Waals surface area contributed by atoms with Crippen molar-refractivity contribution in [3.8, 4) is 0 Å². The Morgan fingerprint density at radius 1 is 0.857 bits per heavy atom. The lowest BCUT2D eigenvalue weighted by molar-refractivity contribution is 1.43. The van der Waals surface area contributed by atoms with Crippen molar-refractivity contribution < 1.29 is 0 Å². The van der Waals surface area contributed by atoms with Crippen molar-refractivity contribution in [2.24, 2.45) is 0 Å². The Kier molecular flexibility index (Phi) is 3.70. The molecule has 0 saturated heterocycles. The molecule has 0 nitrogen and oxygen atoms in total. The van der Waals surface area contributed by atoms with Crippen LogP contribution in [0.15, 0.2) is 36.4 Å². The summed E-state index contributed by atoms with van der Waals surface area (Å²) < 4.78 is 0. The lowest BCUT2D eigenvalue weighted by atomic mass is 10.0. The van der Waals surface area contributed by atoms with E-state index in [1.54, 1.807) is 0 Å². The fraction of sp³-hybridized carbons (Fsp3) is 0.286. The molecule has 74 valence electrons. The molecule has 0 amide bonds. The van der Waals surface area contributed by atoms with E-state index in [-0.39, 0.29) is 0 Å². The number of hydrogen-bond donors (Lipinski definition) is 0. The number of hydrogen-bond acceptors (Lipinski definition) is 0. The maximum Gasteiger partial charge on any atom is -0.0155 e. The molecule has 0 bridgehead atoms. The minimum atomic E-state index is 1.34. The van der Waals surface area contributed by atoms with Gasteiger partial charge in [-0.25, -0.2) is 0 Å². The zero-order valence-electron chi connectivity index (χ0n) is 9.46. The Morgan fingerprint density at radius 2 is 1.50 bits per heavy atom. The van der Waals surface area contributed by atoms with E-state index in [1.807, 2.05) is 13.8 Å². The fourth-order valence-electron chi connectivity index (χ4n) is 1.69. The molecule has 0 saturated carbocycles. The second-order valence-electron chi connectivity index (χ2n) is 3.30. The van der Waals surface area contributed by atoms with Crippen molar-refractivity contribution >= 4 is 10.8 Å². The van der Waals surface area contributed by atoms with Gasteiger partial charge < -0.3 is 0 Å². The molecule has 0 aromatic heterocycles. The van der Waals surface area contributed by atoms with Gasteiger partial charge in [0.2, 0.25) is 0 Å². The highest BCUT2D eigenvalue weighted by Crippen LogP contribution is 2.19. The summed E-state index contributed by atoms with van der Waals surface area (Å²) >= 11 is 0. The molecule has 0 heterocycles. The summed E-state index contributed by atoms with van der Waals surface area (Å²) in [6.45, 7) is 8.30. The Morgan fingerprint density at radius 3 is 2.21 bits per heavy atom. The molecule has 2 aromatic rings.